The van der Waals surface area contributed by atoms with Crippen molar-refractivity contribution in [3.63, 3.8) is 0 Å². The highest BCUT2D eigenvalue weighted by atomic mass is 79.9. The van der Waals surface area contributed by atoms with E-state index in [0.29, 0.717) is 16.1 Å². The molecule has 22 heavy (non-hydrogen) atoms. The van der Waals surface area contributed by atoms with Crippen molar-refractivity contribution in [1.29, 1.82) is 5.26 Å². The molecule has 1 aliphatic carbocycles. The maximum Gasteiger partial charge on any atom is 0.256 e. The van der Waals surface area contributed by atoms with Crippen molar-refractivity contribution < 1.29 is 4.79 Å². The number of rotatable bonds is 2. The first kappa shape index (κ1) is 15.3. The molecule has 5 heteroatoms. The van der Waals surface area contributed by atoms with Crippen LogP contribution >= 0.6 is 27.3 Å². The highest BCUT2D eigenvalue weighted by Crippen LogP contribution is 2.37. The Morgan fingerprint density at radius 1 is 1.27 bits per heavy atom. The number of hydrogen-bond donors (Lipinski definition) is 1. The third-order valence-corrected chi connectivity index (χ3v) is 5.55. The van der Waals surface area contributed by atoms with E-state index in [-0.39, 0.29) is 5.91 Å². The number of nitriles is 1. The normalized spacial score (nSPS) is 13.8. The molecular weight excluding hydrogens is 360 g/mol. The molecule has 2 aromatic rings. The number of nitrogens with zero attached hydrogens (tertiary/aromatic N) is 1. The van der Waals surface area contributed by atoms with E-state index in [1.165, 1.54) is 11.3 Å². The lowest BCUT2D eigenvalue weighted by atomic mass is 10.1. The molecule has 1 aliphatic rings. The van der Waals surface area contributed by atoms with E-state index in [9.17, 15) is 10.1 Å². The zero-order chi connectivity index (χ0) is 15.5. The summed E-state index contributed by atoms with van der Waals surface area (Å²) in [7, 11) is 0. The van der Waals surface area contributed by atoms with Gasteiger partial charge in [0.05, 0.1) is 5.56 Å². The van der Waals surface area contributed by atoms with Crippen LogP contribution in [0.15, 0.2) is 28.7 Å². The highest BCUT2D eigenvalue weighted by molar-refractivity contribution is 9.10. The van der Waals surface area contributed by atoms with E-state index < -0.39 is 0 Å². The average molecular weight is 375 g/mol. The largest absolute Gasteiger partial charge is 0.312 e. The van der Waals surface area contributed by atoms with Crippen LogP contribution in [0.1, 0.15) is 45.6 Å². The van der Waals surface area contributed by atoms with Gasteiger partial charge in [0.25, 0.3) is 5.91 Å². The van der Waals surface area contributed by atoms with Gasteiger partial charge in [-0.25, -0.2) is 0 Å². The van der Waals surface area contributed by atoms with Gasteiger partial charge >= 0.3 is 0 Å². The van der Waals surface area contributed by atoms with Gasteiger partial charge in [-0.05, 0) is 49.4 Å². The minimum atomic E-state index is -0.172. The molecule has 3 rings (SSSR count). The van der Waals surface area contributed by atoms with Crippen LogP contribution in [-0.2, 0) is 12.8 Å². The summed E-state index contributed by atoms with van der Waals surface area (Å²) in [5, 5.41) is 13.1. The van der Waals surface area contributed by atoms with Crippen LogP contribution in [0, 0.1) is 11.3 Å². The summed E-state index contributed by atoms with van der Waals surface area (Å²) in [6.07, 6.45) is 5.46. The second-order valence-corrected chi connectivity index (χ2v) is 7.37. The van der Waals surface area contributed by atoms with Gasteiger partial charge in [0, 0.05) is 14.9 Å². The first-order valence-electron chi connectivity index (χ1n) is 7.30. The summed E-state index contributed by atoms with van der Waals surface area (Å²) in [5.41, 5.74) is 2.39. The fourth-order valence-electron chi connectivity index (χ4n) is 2.75. The molecule has 1 amide bonds. The average Bonchev–Trinajstić information content (AvgIpc) is 2.68. The number of carbonyl (C=O) groups is 1. The first-order chi connectivity index (χ1) is 10.7. The molecule has 0 aliphatic heterocycles. The Labute approximate surface area is 142 Å². The highest BCUT2D eigenvalue weighted by Gasteiger charge is 2.21. The van der Waals surface area contributed by atoms with E-state index in [4.69, 9.17) is 0 Å². The molecule has 3 nitrogen and oxygen atoms in total. The van der Waals surface area contributed by atoms with Crippen molar-refractivity contribution >= 4 is 38.2 Å². The Morgan fingerprint density at radius 3 is 2.86 bits per heavy atom. The monoisotopic (exact) mass is 374 g/mol. The molecule has 0 radical (unpaired) electrons. The quantitative estimate of drug-likeness (QED) is 0.759. The van der Waals surface area contributed by atoms with Gasteiger partial charge < -0.3 is 5.32 Å². The lowest BCUT2D eigenvalue weighted by Gasteiger charge is -2.04. The number of benzene rings is 1. The summed E-state index contributed by atoms with van der Waals surface area (Å²) in [4.78, 5) is 13.6. The number of halogens is 1. The van der Waals surface area contributed by atoms with Gasteiger partial charge in [-0.2, -0.15) is 5.26 Å². The lowest BCUT2D eigenvalue weighted by Crippen LogP contribution is -2.11. The molecule has 1 N–H and O–H groups in total. The minimum absolute atomic E-state index is 0.172. The predicted octanol–water partition coefficient (Wildman–Crippen LogP) is 4.90. The third-order valence-electron chi connectivity index (χ3n) is 3.85. The van der Waals surface area contributed by atoms with Gasteiger partial charge in [0.2, 0.25) is 0 Å². The maximum atomic E-state index is 12.4. The van der Waals surface area contributed by atoms with Crippen LogP contribution in [0.25, 0.3) is 0 Å². The van der Waals surface area contributed by atoms with Crippen molar-refractivity contribution in [3.05, 3.63) is 50.3 Å². The second-order valence-electron chi connectivity index (χ2n) is 5.34. The lowest BCUT2D eigenvalue weighted by molar-refractivity contribution is 0.102. The van der Waals surface area contributed by atoms with Crippen molar-refractivity contribution in [2.45, 2.75) is 32.1 Å². The predicted molar refractivity (Wildman–Crippen MR) is 92.4 cm³/mol. The molecule has 1 aromatic heterocycles. The number of thiophene rings is 1. The van der Waals surface area contributed by atoms with E-state index in [1.54, 1.807) is 23.5 Å². The van der Waals surface area contributed by atoms with E-state index in [1.807, 2.05) is 12.1 Å². The van der Waals surface area contributed by atoms with Crippen LogP contribution < -0.4 is 5.32 Å². The number of carbonyl (C=O) groups excluding carboxylic acids is 1. The number of fused-ring (bicyclic) bond motifs is 1. The van der Waals surface area contributed by atoms with Crippen LogP contribution in [0.5, 0.6) is 0 Å². The molecule has 0 spiro atoms. The summed E-state index contributed by atoms with van der Waals surface area (Å²) in [5.74, 6) is -0.172. The molecule has 0 saturated heterocycles. The van der Waals surface area contributed by atoms with Gasteiger partial charge in [0.15, 0.2) is 0 Å². The molecule has 0 atom stereocenters. The number of hydrogen-bond acceptors (Lipinski definition) is 3. The summed E-state index contributed by atoms with van der Waals surface area (Å²) < 4.78 is 0.864. The van der Waals surface area contributed by atoms with Gasteiger partial charge in [0.1, 0.15) is 11.1 Å². The van der Waals surface area contributed by atoms with Crippen LogP contribution in [0.4, 0.5) is 5.00 Å². The SMILES string of the molecule is N#Cc1c(NC(=O)c2cccc(Br)c2)sc2c1CCCCC2. The molecule has 1 aromatic carbocycles. The topological polar surface area (TPSA) is 52.9 Å². The van der Waals surface area contributed by atoms with Crippen molar-refractivity contribution in [2.24, 2.45) is 0 Å². The van der Waals surface area contributed by atoms with E-state index >= 15 is 0 Å². The van der Waals surface area contributed by atoms with Crippen LogP contribution in [0.3, 0.4) is 0 Å². The Morgan fingerprint density at radius 2 is 2.09 bits per heavy atom. The Hall–Kier alpha value is -1.64. The zero-order valence-electron chi connectivity index (χ0n) is 12.0. The fraction of sp³-hybridized carbons (Fsp3) is 0.294. The number of amides is 1. The van der Waals surface area contributed by atoms with Gasteiger partial charge in [-0.15, -0.1) is 11.3 Å². The fourth-order valence-corrected chi connectivity index (χ4v) is 4.39. The van der Waals surface area contributed by atoms with E-state index in [0.717, 1.165) is 35.7 Å². The molecule has 0 saturated carbocycles. The van der Waals surface area contributed by atoms with Crippen LogP contribution in [-0.4, -0.2) is 5.91 Å². The van der Waals surface area contributed by atoms with Crippen LogP contribution in [0.2, 0.25) is 0 Å². The summed E-state index contributed by atoms with van der Waals surface area (Å²) >= 11 is 4.93. The van der Waals surface area contributed by atoms with Gasteiger partial charge in [-0.3, -0.25) is 4.79 Å². The Bertz CT molecular complexity index is 761. The van der Waals surface area contributed by atoms with E-state index in [2.05, 4.69) is 27.3 Å². The van der Waals surface area contributed by atoms with Crippen molar-refractivity contribution in [3.8, 4) is 6.07 Å². The van der Waals surface area contributed by atoms with Crippen molar-refractivity contribution in [1.82, 2.24) is 0 Å². The summed E-state index contributed by atoms with van der Waals surface area (Å²) in [6.45, 7) is 0. The molecule has 112 valence electrons. The maximum absolute atomic E-state index is 12.4. The first-order valence-corrected chi connectivity index (χ1v) is 8.91. The second kappa shape index (κ2) is 6.64. The molecule has 0 bridgehead atoms. The Balaban J connectivity index is 1.89. The zero-order valence-corrected chi connectivity index (χ0v) is 14.4. The smallest absolute Gasteiger partial charge is 0.256 e. The Kier molecular flexibility index (Phi) is 4.60. The summed E-state index contributed by atoms with van der Waals surface area (Å²) in [6, 6.07) is 9.54. The standard InChI is InChI=1S/C17H15BrN2OS/c18-12-6-4-5-11(9-12)16(21)20-17-14(10-19)13-7-2-1-3-8-15(13)22-17/h4-6,9H,1-3,7-8H2,(H,20,21). The number of aryl methyl sites for hydroxylation is 1. The molecule has 0 fully saturated rings. The number of nitrogens with one attached hydrogen (secondary N) is 1. The third kappa shape index (κ3) is 3.08. The minimum Gasteiger partial charge on any atom is -0.312 e. The van der Waals surface area contributed by atoms with Gasteiger partial charge in [-0.1, -0.05) is 28.4 Å². The number of anilines is 1. The molecular formula is C17H15BrN2OS. The molecule has 1 heterocycles. The van der Waals surface area contributed by atoms with Crippen molar-refractivity contribution in [2.75, 3.05) is 5.32 Å². The molecule has 0 unspecified atom stereocenters.